The molecule has 0 saturated carbocycles. The molecule has 1 aliphatic carbocycles. The zero-order chi connectivity index (χ0) is 23.3. The summed E-state index contributed by atoms with van der Waals surface area (Å²) in [5, 5.41) is 9.05. The molecule has 0 N–H and O–H groups in total. The number of unbranched alkanes of at least 4 members (excludes halogenated alkanes) is 3. The molecular weight excluding hydrogens is 422 g/mol. The van der Waals surface area contributed by atoms with Crippen LogP contribution in [0, 0.1) is 11.3 Å². The summed E-state index contributed by atoms with van der Waals surface area (Å²) >= 11 is 0. The zero-order valence-electron chi connectivity index (χ0n) is 19.8. The van der Waals surface area contributed by atoms with Crippen LogP contribution in [0.3, 0.4) is 0 Å². The van der Waals surface area contributed by atoms with Crippen LogP contribution in [0.5, 0.6) is 5.75 Å². The first-order valence-electron chi connectivity index (χ1n) is 12.3. The van der Waals surface area contributed by atoms with Gasteiger partial charge in [0, 0.05) is 12.5 Å². The van der Waals surface area contributed by atoms with Crippen molar-refractivity contribution in [2.45, 2.75) is 44.6 Å². The molecule has 4 nitrogen and oxygen atoms in total. The van der Waals surface area contributed by atoms with Crippen LogP contribution in [-0.2, 0) is 9.47 Å². The molecular formula is C30H31NO3. The molecule has 0 radical (unpaired) electrons. The Labute approximate surface area is 202 Å². The minimum absolute atomic E-state index is 0.327. The van der Waals surface area contributed by atoms with Gasteiger partial charge < -0.3 is 14.2 Å². The monoisotopic (exact) mass is 453 g/mol. The van der Waals surface area contributed by atoms with Gasteiger partial charge in [-0.1, -0.05) is 43.7 Å². The summed E-state index contributed by atoms with van der Waals surface area (Å²) < 4.78 is 16.8. The minimum atomic E-state index is 0.327. The van der Waals surface area contributed by atoms with Crippen molar-refractivity contribution in [1.82, 2.24) is 0 Å². The Morgan fingerprint density at radius 3 is 2.26 bits per heavy atom. The summed E-state index contributed by atoms with van der Waals surface area (Å²) in [5.41, 5.74) is 8.31. The molecule has 174 valence electrons. The van der Waals surface area contributed by atoms with Gasteiger partial charge in [-0.15, -0.1) is 0 Å². The van der Waals surface area contributed by atoms with E-state index in [9.17, 15) is 0 Å². The van der Waals surface area contributed by atoms with E-state index >= 15 is 0 Å². The van der Waals surface area contributed by atoms with Gasteiger partial charge in [-0.3, -0.25) is 0 Å². The maximum Gasteiger partial charge on any atom is 0.119 e. The largest absolute Gasteiger partial charge is 0.494 e. The van der Waals surface area contributed by atoms with Crippen LogP contribution in [0.25, 0.3) is 22.3 Å². The maximum absolute atomic E-state index is 9.05. The van der Waals surface area contributed by atoms with Gasteiger partial charge in [0.1, 0.15) is 11.9 Å². The molecule has 1 fully saturated rings. The standard InChI is InChI=1S/C30H31NO3/c1-21-29-16-24(23-8-6-22(18-31)7-9-23)10-12-27(29)28-13-11-25(17-30(21)28)33-15-5-3-2-4-14-32-19-26-20-34-26/h6-13,16-17,21,26H,2-5,14-15,19-20H2,1H3. The summed E-state index contributed by atoms with van der Waals surface area (Å²) in [6, 6.07) is 23.2. The maximum atomic E-state index is 9.05. The van der Waals surface area contributed by atoms with E-state index in [0.29, 0.717) is 17.6 Å². The third-order valence-electron chi connectivity index (χ3n) is 6.80. The van der Waals surface area contributed by atoms with Crippen molar-refractivity contribution in [1.29, 1.82) is 5.26 Å². The van der Waals surface area contributed by atoms with E-state index in [0.717, 1.165) is 57.0 Å². The molecule has 3 aromatic carbocycles. The van der Waals surface area contributed by atoms with Crippen LogP contribution in [0.1, 0.15) is 55.2 Å². The second-order valence-electron chi connectivity index (χ2n) is 9.25. The van der Waals surface area contributed by atoms with E-state index in [1.807, 2.05) is 24.3 Å². The number of nitriles is 1. The minimum Gasteiger partial charge on any atom is -0.494 e. The smallest absolute Gasteiger partial charge is 0.119 e. The number of rotatable bonds is 11. The van der Waals surface area contributed by atoms with Crippen molar-refractivity contribution >= 4 is 0 Å². The first kappa shape index (κ1) is 22.7. The van der Waals surface area contributed by atoms with Gasteiger partial charge in [-0.05, 0) is 83.0 Å². The number of ether oxygens (including phenoxy) is 3. The van der Waals surface area contributed by atoms with Gasteiger partial charge in [0.2, 0.25) is 0 Å². The zero-order valence-corrected chi connectivity index (χ0v) is 19.8. The van der Waals surface area contributed by atoms with Crippen molar-refractivity contribution in [3.8, 4) is 34.1 Å². The fourth-order valence-electron chi connectivity index (χ4n) is 4.71. The SMILES string of the molecule is CC1c2cc(OCCCCCCOCC3CO3)ccc2-c2ccc(-c3ccc(C#N)cc3)cc21. The van der Waals surface area contributed by atoms with Gasteiger partial charge >= 0.3 is 0 Å². The summed E-state index contributed by atoms with van der Waals surface area (Å²) in [7, 11) is 0. The van der Waals surface area contributed by atoms with Crippen molar-refractivity contribution < 1.29 is 14.2 Å². The summed E-state index contributed by atoms with van der Waals surface area (Å²) in [5.74, 6) is 1.28. The van der Waals surface area contributed by atoms with E-state index in [1.165, 1.54) is 34.2 Å². The van der Waals surface area contributed by atoms with Crippen LogP contribution in [0.15, 0.2) is 60.7 Å². The number of hydrogen-bond acceptors (Lipinski definition) is 4. The predicted molar refractivity (Wildman–Crippen MR) is 134 cm³/mol. The summed E-state index contributed by atoms with van der Waals surface area (Å²) in [6.07, 6.45) is 4.86. The topological polar surface area (TPSA) is 54.8 Å². The normalized spacial score (nSPS) is 17.6. The molecule has 3 aromatic rings. The fourth-order valence-corrected chi connectivity index (χ4v) is 4.71. The molecule has 5 rings (SSSR count). The van der Waals surface area contributed by atoms with Crippen molar-refractivity contribution in [3.63, 3.8) is 0 Å². The highest BCUT2D eigenvalue weighted by molar-refractivity contribution is 5.82. The third-order valence-corrected chi connectivity index (χ3v) is 6.80. The number of benzene rings is 3. The van der Waals surface area contributed by atoms with Gasteiger partial charge in [0.05, 0.1) is 31.5 Å². The van der Waals surface area contributed by atoms with Gasteiger partial charge in [0.15, 0.2) is 0 Å². The van der Waals surface area contributed by atoms with E-state index in [1.54, 1.807) is 0 Å². The molecule has 34 heavy (non-hydrogen) atoms. The van der Waals surface area contributed by atoms with Crippen molar-refractivity contribution in [2.24, 2.45) is 0 Å². The number of hydrogen-bond donors (Lipinski definition) is 0. The Hall–Kier alpha value is -3.13. The Bertz CT molecular complexity index is 1170. The Kier molecular flexibility index (Phi) is 6.94. The van der Waals surface area contributed by atoms with Gasteiger partial charge in [-0.25, -0.2) is 0 Å². The number of fused-ring (bicyclic) bond motifs is 3. The quantitative estimate of drug-likeness (QED) is 0.239. The predicted octanol–water partition coefficient (Wildman–Crippen LogP) is 6.71. The molecule has 0 amide bonds. The lowest BCUT2D eigenvalue weighted by atomic mass is 9.95. The first-order valence-corrected chi connectivity index (χ1v) is 12.3. The lowest BCUT2D eigenvalue weighted by Gasteiger charge is -2.11. The molecule has 2 atom stereocenters. The summed E-state index contributed by atoms with van der Waals surface area (Å²) in [4.78, 5) is 0. The second-order valence-corrected chi connectivity index (χ2v) is 9.25. The third kappa shape index (κ3) is 5.17. The highest BCUT2D eigenvalue weighted by atomic mass is 16.6. The van der Waals surface area contributed by atoms with E-state index in [4.69, 9.17) is 19.5 Å². The molecule has 1 heterocycles. The fraction of sp³-hybridized carbons (Fsp3) is 0.367. The van der Waals surface area contributed by atoms with Crippen LogP contribution in [0.2, 0.25) is 0 Å². The average molecular weight is 454 g/mol. The lowest BCUT2D eigenvalue weighted by molar-refractivity contribution is 0.112. The van der Waals surface area contributed by atoms with Crippen LogP contribution in [0.4, 0.5) is 0 Å². The Balaban J connectivity index is 1.15. The van der Waals surface area contributed by atoms with E-state index in [2.05, 4.69) is 49.4 Å². The van der Waals surface area contributed by atoms with Crippen molar-refractivity contribution in [3.05, 3.63) is 77.4 Å². The summed E-state index contributed by atoms with van der Waals surface area (Å²) in [6.45, 7) is 5.47. The molecule has 0 bridgehead atoms. The van der Waals surface area contributed by atoms with Crippen LogP contribution in [-0.4, -0.2) is 32.5 Å². The molecule has 1 saturated heterocycles. The molecule has 2 aliphatic rings. The lowest BCUT2D eigenvalue weighted by Crippen LogP contribution is -2.03. The Morgan fingerprint density at radius 2 is 1.53 bits per heavy atom. The van der Waals surface area contributed by atoms with E-state index in [-0.39, 0.29) is 0 Å². The molecule has 1 aliphatic heterocycles. The van der Waals surface area contributed by atoms with Crippen LogP contribution < -0.4 is 4.74 Å². The molecule has 4 heteroatoms. The van der Waals surface area contributed by atoms with Crippen LogP contribution >= 0.6 is 0 Å². The molecule has 2 unspecified atom stereocenters. The van der Waals surface area contributed by atoms with Gasteiger partial charge in [-0.2, -0.15) is 5.26 Å². The van der Waals surface area contributed by atoms with E-state index < -0.39 is 0 Å². The highest BCUT2D eigenvalue weighted by Crippen LogP contribution is 2.47. The molecule has 0 spiro atoms. The second kappa shape index (κ2) is 10.4. The molecule has 0 aromatic heterocycles. The Morgan fingerprint density at radius 1 is 0.853 bits per heavy atom. The number of nitrogens with zero attached hydrogens (tertiary/aromatic N) is 1. The van der Waals surface area contributed by atoms with Gasteiger partial charge in [0.25, 0.3) is 0 Å². The first-order chi connectivity index (χ1) is 16.7. The highest BCUT2D eigenvalue weighted by Gasteiger charge is 2.26. The number of epoxide rings is 1. The van der Waals surface area contributed by atoms with Crippen molar-refractivity contribution in [2.75, 3.05) is 26.4 Å². The average Bonchev–Trinajstić information content (AvgIpc) is 3.67.